The van der Waals surface area contributed by atoms with Crippen LogP contribution in [0, 0.1) is 0 Å². The summed E-state index contributed by atoms with van der Waals surface area (Å²) in [7, 11) is 0. The van der Waals surface area contributed by atoms with Gasteiger partial charge in [0.1, 0.15) is 0 Å². The molecular formula is C11H24OS. The van der Waals surface area contributed by atoms with Crippen molar-refractivity contribution in [3.63, 3.8) is 0 Å². The summed E-state index contributed by atoms with van der Waals surface area (Å²) in [6, 6.07) is 0. The molecule has 0 saturated heterocycles. The van der Waals surface area contributed by atoms with Gasteiger partial charge in [-0.3, -0.25) is 0 Å². The molecule has 0 fully saturated rings. The minimum Gasteiger partial charge on any atom is -0.392 e. The van der Waals surface area contributed by atoms with E-state index in [0.717, 1.165) is 19.3 Å². The Bertz CT molecular complexity index is 106. The Labute approximate surface area is 88.3 Å². The molecular weight excluding hydrogens is 180 g/mol. The van der Waals surface area contributed by atoms with E-state index in [0.29, 0.717) is 0 Å². The van der Waals surface area contributed by atoms with E-state index in [1.807, 2.05) is 0 Å². The Hall–Kier alpha value is 0.310. The highest BCUT2D eigenvalue weighted by molar-refractivity contribution is 7.81. The summed E-state index contributed by atoms with van der Waals surface area (Å²) in [6.07, 6.45) is 7.74. The van der Waals surface area contributed by atoms with Crippen molar-refractivity contribution in [1.82, 2.24) is 0 Å². The maximum absolute atomic E-state index is 9.69. The summed E-state index contributed by atoms with van der Waals surface area (Å²) >= 11 is 4.41. The van der Waals surface area contributed by atoms with Crippen molar-refractivity contribution >= 4 is 12.6 Å². The number of hydrogen-bond donors (Lipinski definition) is 2. The molecule has 1 nitrogen and oxygen atoms in total. The molecule has 0 aromatic carbocycles. The maximum atomic E-state index is 9.69. The highest BCUT2D eigenvalue weighted by atomic mass is 32.1. The van der Waals surface area contributed by atoms with Gasteiger partial charge in [0, 0.05) is 5.25 Å². The molecule has 0 spiro atoms. The predicted molar refractivity (Wildman–Crippen MR) is 62.4 cm³/mol. The van der Waals surface area contributed by atoms with Crippen molar-refractivity contribution in [3.05, 3.63) is 0 Å². The second-order valence-corrected chi connectivity index (χ2v) is 4.44. The lowest BCUT2D eigenvalue weighted by atomic mass is 10.0. The molecule has 0 aliphatic carbocycles. The van der Waals surface area contributed by atoms with Gasteiger partial charge in [-0.05, 0) is 12.8 Å². The zero-order valence-corrected chi connectivity index (χ0v) is 9.89. The molecule has 2 heteroatoms. The lowest BCUT2D eigenvalue weighted by Gasteiger charge is -2.17. The summed E-state index contributed by atoms with van der Waals surface area (Å²) in [5.41, 5.74) is 0. The molecule has 0 aliphatic rings. The summed E-state index contributed by atoms with van der Waals surface area (Å²) in [5.74, 6) is 0. The topological polar surface area (TPSA) is 20.2 Å². The number of thiol groups is 1. The third kappa shape index (κ3) is 7.39. The number of rotatable bonds is 8. The molecule has 0 amide bonds. The molecule has 0 bridgehead atoms. The van der Waals surface area contributed by atoms with Crippen LogP contribution in [0.25, 0.3) is 0 Å². The molecule has 0 aromatic rings. The third-order valence-corrected chi connectivity index (χ3v) is 3.00. The highest BCUT2D eigenvalue weighted by Gasteiger charge is 2.13. The molecule has 1 N–H and O–H groups in total. The Morgan fingerprint density at radius 1 is 1.00 bits per heavy atom. The highest BCUT2D eigenvalue weighted by Crippen LogP contribution is 2.16. The van der Waals surface area contributed by atoms with Crippen LogP contribution in [0.1, 0.15) is 58.8 Å². The zero-order chi connectivity index (χ0) is 10.1. The summed E-state index contributed by atoms with van der Waals surface area (Å²) in [5, 5.41) is 9.89. The van der Waals surface area contributed by atoms with Crippen molar-refractivity contribution in [3.8, 4) is 0 Å². The average Bonchev–Trinajstić information content (AvgIpc) is 2.14. The average molecular weight is 204 g/mol. The van der Waals surface area contributed by atoms with E-state index in [2.05, 4.69) is 26.5 Å². The first-order chi connectivity index (χ1) is 6.22. The van der Waals surface area contributed by atoms with E-state index in [-0.39, 0.29) is 11.4 Å². The van der Waals surface area contributed by atoms with Gasteiger partial charge in [0.15, 0.2) is 0 Å². The molecule has 80 valence electrons. The molecule has 0 saturated carbocycles. The van der Waals surface area contributed by atoms with Crippen molar-refractivity contribution < 1.29 is 5.11 Å². The van der Waals surface area contributed by atoms with Crippen LogP contribution in [0.4, 0.5) is 0 Å². The van der Waals surface area contributed by atoms with Gasteiger partial charge in [0.2, 0.25) is 0 Å². The van der Waals surface area contributed by atoms with Gasteiger partial charge in [-0.1, -0.05) is 46.0 Å². The normalized spacial score (nSPS) is 15.7. The molecule has 2 atom stereocenters. The number of aliphatic hydroxyl groups excluding tert-OH is 1. The van der Waals surface area contributed by atoms with Crippen LogP contribution >= 0.6 is 12.6 Å². The first-order valence-corrected chi connectivity index (χ1v) is 6.10. The molecule has 0 rings (SSSR count). The van der Waals surface area contributed by atoms with Gasteiger partial charge in [-0.15, -0.1) is 0 Å². The van der Waals surface area contributed by atoms with E-state index < -0.39 is 0 Å². The maximum Gasteiger partial charge on any atom is 0.0656 e. The van der Waals surface area contributed by atoms with Crippen LogP contribution in [-0.4, -0.2) is 16.5 Å². The van der Waals surface area contributed by atoms with E-state index in [1.54, 1.807) is 0 Å². The minimum absolute atomic E-state index is 0.191. The third-order valence-electron chi connectivity index (χ3n) is 2.40. The van der Waals surface area contributed by atoms with Gasteiger partial charge < -0.3 is 5.11 Å². The van der Waals surface area contributed by atoms with E-state index >= 15 is 0 Å². The van der Waals surface area contributed by atoms with Gasteiger partial charge in [-0.2, -0.15) is 12.6 Å². The summed E-state index contributed by atoms with van der Waals surface area (Å²) < 4.78 is 0. The second kappa shape index (κ2) is 8.89. The van der Waals surface area contributed by atoms with Gasteiger partial charge >= 0.3 is 0 Å². The lowest BCUT2D eigenvalue weighted by Crippen LogP contribution is -2.20. The van der Waals surface area contributed by atoms with Crippen LogP contribution in [0.15, 0.2) is 0 Å². The first kappa shape index (κ1) is 13.3. The Kier molecular flexibility index (Phi) is 9.10. The van der Waals surface area contributed by atoms with Crippen molar-refractivity contribution in [1.29, 1.82) is 0 Å². The standard InChI is InChI=1S/C11H24OS/c1-3-5-7-8-10(12)11(13)9-6-4-2/h10-13H,3-9H2,1-2H3. The summed E-state index contributed by atoms with van der Waals surface area (Å²) in [6.45, 7) is 4.35. The lowest BCUT2D eigenvalue weighted by molar-refractivity contribution is 0.154. The van der Waals surface area contributed by atoms with Crippen LogP contribution in [0.2, 0.25) is 0 Å². The van der Waals surface area contributed by atoms with Gasteiger partial charge in [0.05, 0.1) is 6.10 Å². The second-order valence-electron chi connectivity index (χ2n) is 3.77. The minimum atomic E-state index is -0.193. The van der Waals surface area contributed by atoms with E-state index in [4.69, 9.17) is 0 Å². The van der Waals surface area contributed by atoms with Crippen molar-refractivity contribution in [2.24, 2.45) is 0 Å². The largest absolute Gasteiger partial charge is 0.392 e. The fraction of sp³-hybridized carbons (Fsp3) is 1.00. The molecule has 0 radical (unpaired) electrons. The van der Waals surface area contributed by atoms with Crippen molar-refractivity contribution in [2.45, 2.75) is 70.1 Å². The molecule has 13 heavy (non-hydrogen) atoms. The Balaban J connectivity index is 3.38. The van der Waals surface area contributed by atoms with E-state index in [9.17, 15) is 5.11 Å². The zero-order valence-electron chi connectivity index (χ0n) is 9.00. The van der Waals surface area contributed by atoms with E-state index in [1.165, 1.54) is 25.7 Å². The van der Waals surface area contributed by atoms with Crippen LogP contribution in [-0.2, 0) is 0 Å². The Morgan fingerprint density at radius 3 is 2.15 bits per heavy atom. The molecule has 0 aromatic heterocycles. The summed E-state index contributed by atoms with van der Waals surface area (Å²) in [4.78, 5) is 0. The van der Waals surface area contributed by atoms with Gasteiger partial charge in [-0.25, -0.2) is 0 Å². The Morgan fingerprint density at radius 2 is 1.62 bits per heavy atom. The van der Waals surface area contributed by atoms with Crippen LogP contribution in [0.3, 0.4) is 0 Å². The molecule has 2 unspecified atom stereocenters. The SMILES string of the molecule is CCCCCC(O)C(S)CCCC. The smallest absolute Gasteiger partial charge is 0.0656 e. The molecule has 0 aliphatic heterocycles. The fourth-order valence-electron chi connectivity index (χ4n) is 1.40. The van der Waals surface area contributed by atoms with Crippen LogP contribution in [0.5, 0.6) is 0 Å². The number of aliphatic hydroxyl groups is 1. The number of hydrogen-bond acceptors (Lipinski definition) is 2. The van der Waals surface area contributed by atoms with Crippen LogP contribution < -0.4 is 0 Å². The predicted octanol–water partition coefficient (Wildman–Crippen LogP) is 3.42. The molecule has 0 heterocycles. The van der Waals surface area contributed by atoms with Crippen molar-refractivity contribution in [2.75, 3.05) is 0 Å². The monoisotopic (exact) mass is 204 g/mol. The first-order valence-electron chi connectivity index (χ1n) is 5.58. The number of unbranched alkanes of at least 4 members (excludes halogenated alkanes) is 3. The van der Waals surface area contributed by atoms with Gasteiger partial charge in [0.25, 0.3) is 0 Å². The fourth-order valence-corrected chi connectivity index (χ4v) is 1.73. The quantitative estimate of drug-likeness (QED) is 0.458.